The van der Waals surface area contributed by atoms with E-state index in [4.69, 9.17) is 11.6 Å². The molecule has 19 heavy (non-hydrogen) atoms. The summed E-state index contributed by atoms with van der Waals surface area (Å²) < 4.78 is 0. The first kappa shape index (κ1) is 12.4. The van der Waals surface area contributed by atoms with Crippen molar-refractivity contribution in [3.63, 3.8) is 0 Å². The van der Waals surface area contributed by atoms with Gasteiger partial charge in [-0.1, -0.05) is 18.2 Å². The molecule has 3 nitrogen and oxygen atoms in total. The fourth-order valence-corrected chi connectivity index (χ4v) is 2.74. The fourth-order valence-electron chi connectivity index (χ4n) is 2.48. The Morgan fingerprint density at radius 1 is 1.32 bits per heavy atom. The molecule has 2 heterocycles. The Bertz CT molecular complexity index is 598. The minimum Gasteiger partial charge on any atom is -0.310 e. The van der Waals surface area contributed by atoms with Crippen molar-refractivity contribution < 1.29 is 0 Å². The van der Waals surface area contributed by atoms with E-state index in [-0.39, 0.29) is 0 Å². The Kier molecular flexibility index (Phi) is 3.38. The van der Waals surface area contributed by atoms with Gasteiger partial charge in [0.15, 0.2) is 0 Å². The van der Waals surface area contributed by atoms with E-state index in [1.54, 1.807) is 0 Å². The van der Waals surface area contributed by atoms with Crippen LogP contribution in [0, 0.1) is 6.92 Å². The molecule has 0 amide bonds. The number of benzene rings is 1. The maximum absolute atomic E-state index is 5.86. The zero-order chi connectivity index (χ0) is 13.2. The molecule has 0 bridgehead atoms. The van der Waals surface area contributed by atoms with Crippen LogP contribution in [0.4, 0.5) is 11.6 Å². The van der Waals surface area contributed by atoms with Crippen LogP contribution < -0.4 is 4.90 Å². The van der Waals surface area contributed by atoms with Crippen molar-refractivity contribution in [2.24, 2.45) is 0 Å². The highest BCUT2D eigenvalue weighted by atomic mass is 35.5. The van der Waals surface area contributed by atoms with Crippen molar-refractivity contribution in [1.82, 2.24) is 9.97 Å². The Morgan fingerprint density at radius 2 is 2.16 bits per heavy atom. The summed E-state index contributed by atoms with van der Waals surface area (Å²) in [5.74, 6) is 1.24. The number of alkyl halides is 1. The number of nitrogens with zero attached hydrogens (tertiary/aromatic N) is 3. The average molecular weight is 274 g/mol. The average Bonchev–Trinajstić information content (AvgIpc) is 2.46. The number of aryl methyl sites for hydroxylation is 2. The lowest BCUT2D eigenvalue weighted by atomic mass is 10.0. The Labute approximate surface area is 118 Å². The predicted molar refractivity (Wildman–Crippen MR) is 78.1 cm³/mol. The lowest BCUT2D eigenvalue weighted by Gasteiger charge is -2.29. The number of para-hydroxylation sites is 1. The number of aromatic nitrogens is 2. The summed E-state index contributed by atoms with van der Waals surface area (Å²) in [5, 5.41) is 0. The molecule has 0 unspecified atom stereocenters. The van der Waals surface area contributed by atoms with Crippen molar-refractivity contribution in [3.8, 4) is 0 Å². The van der Waals surface area contributed by atoms with E-state index in [1.165, 1.54) is 11.3 Å². The first-order valence-electron chi connectivity index (χ1n) is 6.53. The molecule has 1 aromatic carbocycles. The molecule has 0 spiro atoms. The Hall–Kier alpha value is -1.61. The lowest BCUT2D eigenvalue weighted by molar-refractivity contribution is 0.747. The summed E-state index contributed by atoms with van der Waals surface area (Å²) in [6, 6.07) is 8.48. The van der Waals surface area contributed by atoms with E-state index >= 15 is 0 Å². The molecule has 0 fully saturated rings. The molecule has 1 aromatic heterocycles. The second kappa shape index (κ2) is 5.17. The normalized spacial score (nSPS) is 14.3. The van der Waals surface area contributed by atoms with Crippen LogP contribution in [0.2, 0.25) is 0 Å². The van der Waals surface area contributed by atoms with Crippen molar-refractivity contribution in [1.29, 1.82) is 0 Å². The van der Waals surface area contributed by atoms with Crippen molar-refractivity contribution in [2.45, 2.75) is 25.6 Å². The molecule has 0 saturated carbocycles. The van der Waals surface area contributed by atoms with Gasteiger partial charge in [-0.2, -0.15) is 0 Å². The smallest absolute Gasteiger partial charge is 0.230 e. The Balaban J connectivity index is 2.02. The van der Waals surface area contributed by atoms with Crippen molar-refractivity contribution in [3.05, 3.63) is 47.3 Å². The van der Waals surface area contributed by atoms with Gasteiger partial charge in [-0.05, 0) is 31.4 Å². The molecule has 0 atom stereocenters. The largest absolute Gasteiger partial charge is 0.310 e. The lowest BCUT2D eigenvalue weighted by Crippen LogP contribution is -2.26. The SMILES string of the molecule is Cc1nc(N2CCCc3ccccc32)ncc1CCl. The number of fused-ring (bicyclic) bond motifs is 1. The standard InChI is InChI=1S/C15H16ClN3/c1-11-13(9-16)10-17-15(18-11)19-8-4-6-12-5-2-3-7-14(12)19/h2-3,5,7,10H,4,6,8-9H2,1H3. The van der Waals surface area contributed by atoms with Crippen LogP contribution in [0.15, 0.2) is 30.5 Å². The van der Waals surface area contributed by atoms with E-state index in [1.807, 2.05) is 13.1 Å². The second-order valence-electron chi connectivity index (χ2n) is 4.80. The molecule has 0 saturated heterocycles. The van der Waals surface area contributed by atoms with Gasteiger partial charge in [-0.25, -0.2) is 9.97 Å². The summed E-state index contributed by atoms with van der Waals surface area (Å²) in [5.41, 5.74) is 4.56. The first-order valence-corrected chi connectivity index (χ1v) is 7.07. The van der Waals surface area contributed by atoms with E-state index in [0.717, 1.165) is 36.6 Å². The van der Waals surface area contributed by atoms with Gasteiger partial charge in [0.05, 0.1) is 5.88 Å². The molecule has 0 aliphatic carbocycles. The number of hydrogen-bond donors (Lipinski definition) is 0. The van der Waals surface area contributed by atoms with Crippen molar-refractivity contribution >= 4 is 23.2 Å². The maximum atomic E-state index is 5.86. The van der Waals surface area contributed by atoms with Gasteiger partial charge in [-0.3, -0.25) is 0 Å². The molecule has 2 aromatic rings. The molecule has 0 radical (unpaired) electrons. The highest BCUT2D eigenvalue weighted by Gasteiger charge is 2.20. The molecule has 98 valence electrons. The van der Waals surface area contributed by atoms with E-state index in [0.29, 0.717) is 5.88 Å². The van der Waals surface area contributed by atoms with Crippen LogP contribution in [-0.4, -0.2) is 16.5 Å². The fraction of sp³-hybridized carbons (Fsp3) is 0.333. The van der Waals surface area contributed by atoms with E-state index in [9.17, 15) is 0 Å². The number of rotatable bonds is 2. The third kappa shape index (κ3) is 2.30. The van der Waals surface area contributed by atoms with Crippen LogP contribution >= 0.6 is 11.6 Å². The van der Waals surface area contributed by atoms with Crippen LogP contribution in [0.3, 0.4) is 0 Å². The van der Waals surface area contributed by atoms with E-state index in [2.05, 4.69) is 39.1 Å². The first-order chi connectivity index (χ1) is 9.29. The van der Waals surface area contributed by atoms with Gasteiger partial charge in [0.1, 0.15) is 0 Å². The van der Waals surface area contributed by atoms with Gasteiger partial charge >= 0.3 is 0 Å². The topological polar surface area (TPSA) is 29.0 Å². The van der Waals surface area contributed by atoms with Crippen LogP contribution in [0.5, 0.6) is 0 Å². The minimum atomic E-state index is 0.461. The van der Waals surface area contributed by atoms with Gasteiger partial charge in [0.2, 0.25) is 5.95 Å². The number of hydrogen-bond acceptors (Lipinski definition) is 3. The van der Waals surface area contributed by atoms with Gasteiger partial charge in [0, 0.05) is 29.7 Å². The summed E-state index contributed by atoms with van der Waals surface area (Å²) in [6.45, 7) is 2.95. The zero-order valence-electron chi connectivity index (χ0n) is 10.9. The molecular weight excluding hydrogens is 258 g/mol. The minimum absolute atomic E-state index is 0.461. The summed E-state index contributed by atoms with van der Waals surface area (Å²) in [4.78, 5) is 11.3. The van der Waals surface area contributed by atoms with Crippen LogP contribution in [0.1, 0.15) is 23.2 Å². The van der Waals surface area contributed by atoms with Gasteiger partial charge in [0.25, 0.3) is 0 Å². The molecule has 3 rings (SSSR count). The molecule has 4 heteroatoms. The number of halogens is 1. The second-order valence-corrected chi connectivity index (χ2v) is 5.07. The zero-order valence-corrected chi connectivity index (χ0v) is 11.7. The van der Waals surface area contributed by atoms with Crippen LogP contribution in [0.25, 0.3) is 0 Å². The van der Waals surface area contributed by atoms with E-state index < -0.39 is 0 Å². The highest BCUT2D eigenvalue weighted by Crippen LogP contribution is 2.31. The van der Waals surface area contributed by atoms with Gasteiger partial charge in [-0.15, -0.1) is 11.6 Å². The molecule has 1 aliphatic rings. The predicted octanol–water partition coefficient (Wildman–Crippen LogP) is 3.61. The van der Waals surface area contributed by atoms with Crippen molar-refractivity contribution in [2.75, 3.05) is 11.4 Å². The quantitative estimate of drug-likeness (QED) is 0.783. The maximum Gasteiger partial charge on any atom is 0.230 e. The highest BCUT2D eigenvalue weighted by molar-refractivity contribution is 6.17. The van der Waals surface area contributed by atoms with Crippen LogP contribution in [-0.2, 0) is 12.3 Å². The summed E-state index contributed by atoms with van der Waals surface area (Å²) in [6.07, 6.45) is 4.10. The summed E-state index contributed by atoms with van der Waals surface area (Å²) >= 11 is 5.86. The Morgan fingerprint density at radius 3 is 2.95 bits per heavy atom. The summed E-state index contributed by atoms with van der Waals surface area (Å²) in [7, 11) is 0. The molecule has 0 N–H and O–H groups in total. The molecule has 1 aliphatic heterocycles. The third-order valence-electron chi connectivity index (χ3n) is 3.56. The third-order valence-corrected chi connectivity index (χ3v) is 3.85. The molecular formula is C15H16ClN3. The monoisotopic (exact) mass is 273 g/mol. The van der Waals surface area contributed by atoms with Gasteiger partial charge < -0.3 is 4.90 Å². The number of anilines is 2.